The van der Waals surface area contributed by atoms with Crippen molar-refractivity contribution in [3.63, 3.8) is 0 Å². The van der Waals surface area contributed by atoms with Crippen molar-refractivity contribution in [1.29, 1.82) is 0 Å². The minimum Gasteiger partial charge on any atom is -0.452 e. The van der Waals surface area contributed by atoms with E-state index in [1.54, 1.807) is 0 Å². The zero-order chi connectivity index (χ0) is 16.8. The lowest BCUT2D eigenvalue weighted by Gasteiger charge is -2.34. The first-order valence-corrected chi connectivity index (χ1v) is 8.03. The van der Waals surface area contributed by atoms with Crippen LogP contribution in [0.4, 0.5) is 0 Å². The average Bonchev–Trinajstić information content (AvgIpc) is 2.57. The van der Waals surface area contributed by atoms with Gasteiger partial charge in [-0.05, 0) is 30.4 Å². The van der Waals surface area contributed by atoms with Gasteiger partial charge < -0.3 is 10.1 Å². The number of esters is 1. The maximum atomic E-state index is 12.0. The van der Waals surface area contributed by atoms with Crippen molar-refractivity contribution in [1.82, 2.24) is 5.32 Å². The zero-order valence-corrected chi connectivity index (χ0v) is 13.6. The Morgan fingerprint density at radius 3 is 2.57 bits per heavy atom. The first-order chi connectivity index (χ1) is 11.0. The van der Waals surface area contributed by atoms with Crippen molar-refractivity contribution < 1.29 is 19.1 Å². The highest BCUT2D eigenvalue weighted by atomic mass is 16.5. The van der Waals surface area contributed by atoms with Gasteiger partial charge in [0.15, 0.2) is 6.61 Å². The van der Waals surface area contributed by atoms with Crippen molar-refractivity contribution in [2.75, 3.05) is 6.61 Å². The Morgan fingerprint density at radius 2 is 1.91 bits per heavy atom. The van der Waals surface area contributed by atoms with Gasteiger partial charge in [0, 0.05) is 11.6 Å². The molecule has 0 bridgehead atoms. The number of aldehydes is 1. The normalized spacial score (nSPS) is 23.8. The molecule has 5 heteroatoms. The van der Waals surface area contributed by atoms with E-state index in [9.17, 15) is 14.4 Å². The molecule has 2 rings (SSSR count). The van der Waals surface area contributed by atoms with Gasteiger partial charge >= 0.3 is 5.97 Å². The Hall–Kier alpha value is -2.17. The molecule has 0 unspecified atom stereocenters. The van der Waals surface area contributed by atoms with E-state index in [4.69, 9.17) is 4.74 Å². The van der Waals surface area contributed by atoms with Crippen LogP contribution < -0.4 is 5.32 Å². The summed E-state index contributed by atoms with van der Waals surface area (Å²) in [5, 5.41) is 2.96. The molecule has 5 nitrogen and oxygen atoms in total. The number of hydrogen-bond acceptors (Lipinski definition) is 4. The van der Waals surface area contributed by atoms with Gasteiger partial charge in [-0.2, -0.15) is 0 Å². The van der Waals surface area contributed by atoms with Crippen LogP contribution in [0.1, 0.15) is 53.8 Å². The standard InChI is InChI=1S/C18H23NO4/c1-12-4-3-5-16(13(12)2)19-17(21)11-23-18(22)15-8-6-14(10-20)7-9-15/h6-10,12-13,16H,3-5,11H2,1-2H3,(H,19,21)/t12-,13-,16-/m1/s1. The summed E-state index contributed by atoms with van der Waals surface area (Å²) < 4.78 is 5.03. The monoisotopic (exact) mass is 317 g/mol. The molecular formula is C18H23NO4. The third kappa shape index (κ3) is 4.65. The van der Waals surface area contributed by atoms with Gasteiger partial charge in [0.2, 0.25) is 0 Å². The summed E-state index contributed by atoms with van der Waals surface area (Å²) in [5.41, 5.74) is 0.808. The molecule has 1 aromatic carbocycles. The van der Waals surface area contributed by atoms with Crippen LogP contribution >= 0.6 is 0 Å². The average molecular weight is 317 g/mol. The Balaban J connectivity index is 1.81. The van der Waals surface area contributed by atoms with Crippen LogP contribution in [-0.2, 0) is 9.53 Å². The minimum atomic E-state index is -0.567. The number of benzene rings is 1. The highest BCUT2D eigenvalue weighted by Gasteiger charge is 2.28. The van der Waals surface area contributed by atoms with Gasteiger partial charge in [0.25, 0.3) is 5.91 Å². The van der Waals surface area contributed by atoms with E-state index >= 15 is 0 Å². The van der Waals surface area contributed by atoms with Crippen LogP contribution in [0.3, 0.4) is 0 Å². The maximum Gasteiger partial charge on any atom is 0.338 e. The molecule has 0 aliphatic heterocycles. The van der Waals surface area contributed by atoms with E-state index in [1.807, 2.05) is 0 Å². The molecule has 0 heterocycles. The Labute approximate surface area is 136 Å². The number of carbonyl (C=O) groups excluding carboxylic acids is 3. The quantitative estimate of drug-likeness (QED) is 0.669. The lowest BCUT2D eigenvalue weighted by atomic mass is 9.78. The van der Waals surface area contributed by atoms with Gasteiger partial charge in [-0.15, -0.1) is 0 Å². The van der Waals surface area contributed by atoms with Crippen molar-refractivity contribution in [3.05, 3.63) is 35.4 Å². The molecule has 1 aliphatic rings. The molecule has 0 spiro atoms. The van der Waals surface area contributed by atoms with Crippen LogP contribution in [-0.4, -0.2) is 30.8 Å². The summed E-state index contributed by atoms with van der Waals surface area (Å²) in [5.74, 6) is 0.184. The third-order valence-electron chi connectivity index (χ3n) is 4.67. The minimum absolute atomic E-state index is 0.150. The lowest BCUT2D eigenvalue weighted by Crippen LogP contribution is -2.45. The van der Waals surface area contributed by atoms with Gasteiger partial charge in [0.05, 0.1) is 5.56 Å². The highest BCUT2D eigenvalue weighted by Crippen LogP contribution is 2.29. The Morgan fingerprint density at radius 1 is 1.22 bits per heavy atom. The summed E-state index contributed by atoms with van der Waals surface area (Å²) >= 11 is 0. The molecule has 3 atom stereocenters. The largest absolute Gasteiger partial charge is 0.452 e. The molecule has 1 aliphatic carbocycles. The number of ether oxygens (including phenoxy) is 1. The van der Waals surface area contributed by atoms with E-state index in [0.29, 0.717) is 29.2 Å². The summed E-state index contributed by atoms with van der Waals surface area (Å²) in [6.07, 6.45) is 3.98. The molecule has 1 saturated carbocycles. The third-order valence-corrected chi connectivity index (χ3v) is 4.67. The maximum absolute atomic E-state index is 12.0. The fraction of sp³-hybridized carbons (Fsp3) is 0.500. The van der Waals surface area contributed by atoms with Gasteiger partial charge in [-0.25, -0.2) is 4.79 Å². The summed E-state index contributed by atoms with van der Waals surface area (Å²) in [4.78, 5) is 34.4. The predicted molar refractivity (Wildman–Crippen MR) is 86.2 cm³/mol. The SMILES string of the molecule is C[C@@H]1[C@H](C)CCC[C@H]1NC(=O)COC(=O)c1ccc(C=O)cc1. The lowest BCUT2D eigenvalue weighted by molar-refractivity contribution is -0.125. The van der Waals surface area contributed by atoms with E-state index < -0.39 is 5.97 Å². The number of nitrogens with one attached hydrogen (secondary N) is 1. The van der Waals surface area contributed by atoms with Crippen LogP contribution in [0.2, 0.25) is 0 Å². The second kappa shape index (κ2) is 7.90. The summed E-state index contributed by atoms with van der Waals surface area (Å²) in [7, 11) is 0. The van der Waals surface area contributed by atoms with Gasteiger partial charge in [-0.1, -0.05) is 38.8 Å². The molecule has 1 aromatic rings. The molecule has 23 heavy (non-hydrogen) atoms. The van der Waals surface area contributed by atoms with Crippen LogP contribution in [0.25, 0.3) is 0 Å². The predicted octanol–water partition coefficient (Wildman–Crippen LogP) is 2.60. The molecule has 1 fully saturated rings. The van der Waals surface area contributed by atoms with Crippen LogP contribution in [0, 0.1) is 11.8 Å². The summed E-state index contributed by atoms with van der Waals surface area (Å²) in [6, 6.07) is 6.24. The molecular weight excluding hydrogens is 294 g/mol. The van der Waals surface area contributed by atoms with E-state index in [-0.39, 0.29) is 18.6 Å². The van der Waals surface area contributed by atoms with E-state index in [1.165, 1.54) is 30.7 Å². The van der Waals surface area contributed by atoms with E-state index in [0.717, 1.165) is 12.8 Å². The Kier molecular flexibility index (Phi) is 5.90. The first kappa shape index (κ1) is 17.2. The van der Waals surface area contributed by atoms with Crippen molar-refractivity contribution in [2.24, 2.45) is 11.8 Å². The summed E-state index contributed by atoms with van der Waals surface area (Å²) in [6.45, 7) is 4.06. The smallest absolute Gasteiger partial charge is 0.338 e. The molecule has 1 N–H and O–H groups in total. The number of carbonyl (C=O) groups is 3. The molecule has 0 aromatic heterocycles. The molecule has 1 amide bonds. The van der Waals surface area contributed by atoms with Crippen molar-refractivity contribution >= 4 is 18.2 Å². The van der Waals surface area contributed by atoms with Crippen molar-refractivity contribution in [3.8, 4) is 0 Å². The number of rotatable bonds is 5. The molecule has 0 saturated heterocycles. The Bertz CT molecular complexity index is 567. The molecule has 124 valence electrons. The fourth-order valence-corrected chi connectivity index (χ4v) is 2.95. The van der Waals surface area contributed by atoms with Crippen LogP contribution in [0.5, 0.6) is 0 Å². The first-order valence-electron chi connectivity index (χ1n) is 8.03. The second-order valence-corrected chi connectivity index (χ2v) is 6.26. The topological polar surface area (TPSA) is 72.5 Å². The van der Waals surface area contributed by atoms with Gasteiger partial charge in [0.1, 0.15) is 6.29 Å². The number of hydrogen-bond donors (Lipinski definition) is 1. The molecule has 0 radical (unpaired) electrons. The van der Waals surface area contributed by atoms with Crippen LogP contribution in [0.15, 0.2) is 24.3 Å². The highest BCUT2D eigenvalue weighted by molar-refractivity contribution is 5.92. The van der Waals surface area contributed by atoms with Gasteiger partial charge in [-0.3, -0.25) is 9.59 Å². The number of amides is 1. The zero-order valence-electron chi connectivity index (χ0n) is 13.6. The second-order valence-electron chi connectivity index (χ2n) is 6.26. The van der Waals surface area contributed by atoms with E-state index in [2.05, 4.69) is 19.2 Å². The fourth-order valence-electron chi connectivity index (χ4n) is 2.95. The van der Waals surface area contributed by atoms with Crippen molar-refractivity contribution in [2.45, 2.75) is 39.2 Å².